The molecule has 5 heteroatoms. The first kappa shape index (κ1) is 16.8. The second-order valence-corrected chi connectivity index (χ2v) is 7.30. The van der Waals surface area contributed by atoms with Gasteiger partial charge >= 0.3 is 0 Å². The van der Waals surface area contributed by atoms with Crippen molar-refractivity contribution in [1.82, 2.24) is 19.4 Å². The molecule has 1 amide bonds. The van der Waals surface area contributed by atoms with E-state index in [1.165, 1.54) is 12.8 Å². The van der Waals surface area contributed by atoms with E-state index in [0.717, 1.165) is 46.5 Å². The van der Waals surface area contributed by atoms with Gasteiger partial charge in [-0.2, -0.15) is 0 Å². The van der Waals surface area contributed by atoms with Crippen LogP contribution in [0.15, 0.2) is 30.6 Å². The summed E-state index contributed by atoms with van der Waals surface area (Å²) in [5.41, 5.74) is 4.60. The number of nitrogens with zero attached hydrogens (tertiary/aromatic N) is 4. The third-order valence-electron chi connectivity index (χ3n) is 5.14. The van der Waals surface area contributed by atoms with Gasteiger partial charge in [-0.3, -0.25) is 9.78 Å². The van der Waals surface area contributed by atoms with Gasteiger partial charge in [0.25, 0.3) is 5.91 Å². The Kier molecular flexibility index (Phi) is 4.23. The predicted octanol–water partition coefficient (Wildman–Crippen LogP) is 3.66. The van der Waals surface area contributed by atoms with Crippen LogP contribution in [0.5, 0.6) is 0 Å². The smallest absolute Gasteiger partial charge is 0.256 e. The minimum absolute atomic E-state index is 0.0113. The fourth-order valence-electron chi connectivity index (χ4n) is 3.76. The molecule has 1 aliphatic heterocycles. The van der Waals surface area contributed by atoms with E-state index >= 15 is 0 Å². The summed E-state index contributed by atoms with van der Waals surface area (Å²) in [5, 5.41) is 1.04. The number of benzene rings is 1. The van der Waals surface area contributed by atoms with E-state index in [2.05, 4.69) is 28.7 Å². The second kappa shape index (κ2) is 6.56. The van der Waals surface area contributed by atoms with Gasteiger partial charge in [0.15, 0.2) is 0 Å². The third-order valence-corrected chi connectivity index (χ3v) is 5.14. The van der Waals surface area contributed by atoms with Gasteiger partial charge in [0.05, 0.1) is 23.3 Å². The lowest BCUT2D eigenvalue weighted by atomic mass is 10.0. The van der Waals surface area contributed by atoms with Crippen molar-refractivity contribution in [1.29, 1.82) is 0 Å². The molecule has 4 rings (SSSR count). The number of rotatable bonds is 3. The zero-order valence-electron chi connectivity index (χ0n) is 15.6. The van der Waals surface area contributed by atoms with Crippen molar-refractivity contribution in [3.8, 4) is 0 Å². The fourth-order valence-corrected chi connectivity index (χ4v) is 3.76. The molecule has 0 N–H and O–H groups in total. The number of aromatic nitrogens is 3. The van der Waals surface area contributed by atoms with Crippen molar-refractivity contribution < 1.29 is 4.79 Å². The van der Waals surface area contributed by atoms with E-state index in [0.29, 0.717) is 12.1 Å². The molecule has 0 aliphatic carbocycles. The van der Waals surface area contributed by atoms with Crippen LogP contribution in [0.25, 0.3) is 10.9 Å². The van der Waals surface area contributed by atoms with Gasteiger partial charge in [-0.05, 0) is 56.0 Å². The summed E-state index contributed by atoms with van der Waals surface area (Å²) < 4.78 is 2.23. The number of aryl methyl sites for hydroxylation is 4. The second-order valence-electron chi connectivity index (χ2n) is 7.30. The Bertz CT molecular complexity index is 966. The van der Waals surface area contributed by atoms with Crippen LogP contribution in [0.3, 0.4) is 0 Å². The molecule has 3 heterocycles. The molecule has 26 heavy (non-hydrogen) atoms. The number of carbonyl (C=O) groups excluding carboxylic acids is 1. The molecule has 134 valence electrons. The summed E-state index contributed by atoms with van der Waals surface area (Å²) in [6, 6.07) is 6.01. The molecule has 5 nitrogen and oxygen atoms in total. The summed E-state index contributed by atoms with van der Waals surface area (Å²) in [5.74, 6) is 1.13. The normalized spacial score (nSPS) is 13.7. The van der Waals surface area contributed by atoms with E-state index in [1.54, 1.807) is 11.1 Å². The van der Waals surface area contributed by atoms with Gasteiger partial charge < -0.3 is 9.47 Å². The van der Waals surface area contributed by atoms with E-state index < -0.39 is 0 Å². The Labute approximate surface area is 153 Å². The Morgan fingerprint density at radius 1 is 1.27 bits per heavy atom. The quantitative estimate of drug-likeness (QED) is 0.726. The number of pyridine rings is 1. The lowest BCUT2D eigenvalue weighted by Crippen LogP contribution is -2.27. The van der Waals surface area contributed by atoms with Crippen molar-refractivity contribution in [2.24, 2.45) is 0 Å². The SMILES string of the molecule is Cc1cc(C(=O)N(C)Cc2cn3c(n2)CCCC3)c2nccc(C)c2c1. The van der Waals surface area contributed by atoms with Crippen LogP contribution in [-0.2, 0) is 19.5 Å². The first-order valence-corrected chi connectivity index (χ1v) is 9.19. The first-order chi connectivity index (χ1) is 12.5. The Morgan fingerprint density at radius 2 is 2.12 bits per heavy atom. The summed E-state index contributed by atoms with van der Waals surface area (Å²) in [6.45, 7) is 5.62. The van der Waals surface area contributed by atoms with Gasteiger partial charge in [0, 0.05) is 37.8 Å². The van der Waals surface area contributed by atoms with Crippen LogP contribution in [0.4, 0.5) is 0 Å². The molecule has 0 fully saturated rings. The van der Waals surface area contributed by atoms with Crippen molar-refractivity contribution in [2.75, 3.05) is 7.05 Å². The Hall–Kier alpha value is -2.69. The number of hydrogen-bond donors (Lipinski definition) is 0. The highest BCUT2D eigenvalue weighted by atomic mass is 16.2. The van der Waals surface area contributed by atoms with Gasteiger partial charge in [-0.1, -0.05) is 0 Å². The maximum Gasteiger partial charge on any atom is 0.256 e. The van der Waals surface area contributed by atoms with Crippen LogP contribution >= 0.6 is 0 Å². The average Bonchev–Trinajstić information content (AvgIpc) is 3.03. The predicted molar refractivity (Wildman–Crippen MR) is 102 cm³/mol. The van der Waals surface area contributed by atoms with Crippen LogP contribution in [0.1, 0.15) is 45.8 Å². The summed E-state index contributed by atoms with van der Waals surface area (Å²) in [7, 11) is 1.84. The largest absolute Gasteiger partial charge is 0.336 e. The summed E-state index contributed by atoms with van der Waals surface area (Å²) in [6.07, 6.45) is 7.30. The van der Waals surface area contributed by atoms with Crippen molar-refractivity contribution in [2.45, 2.75) is 46.2 Å². The average molecular weight is 348 g/mol. The maximum atomic E-state index is 13.1. The molecule has 0 saturated heterocycles. The van der Waals surface area contributed by atoms with Gasteiger partial charge in [-0.15, -0.1) is 0 Å². The minimum Gasteiger partial charge on any atom is -0.336 e. The van der Waals surface area contributed by atoms with Crippen molar-refractivity contribution in [3.05, 3.63) is 58.8 Å². The zero-order chi connectivity index (χ0) is 18.3. The maximum absolute atomic E-state index is 13.1. The van der Waals surface area contributed by atoms with Crippen LogP contribution < -0.4 is 0 Å². The first-order valence-electron chi connectivity index (χ1n) is 9.19. The van der Waals surface area contributed by atoms with Gasteiger partial charge in [0.2, 0.25) is 0 Å². The highest BCUT2D eigenvalue weighted by Gasteiger charge is 2.19. The highest BCUT2D eigenvalue weighted by Crippen LogP contribution is 2.24. The van der Waals surface area contributed by atoms with Crippen LogP contribution in [0.2, 0.25) is 0 Å². The molecule has 2 aromatic heterocycles. The topological polar surface area (TPSA) is 51.0 Å². The van der Waals surface area contributed by atoms with Crippen LogP contribution in [0, 0.1) is 13.8 Å². The van der Waals surface area contributed by atoms with Crippen LogP contribution in [-0.4, -0.2) is 32.4 Å². The number of imidazole rings is 1. The zero-order valence-corrected chi connectivity index (χ0v) is 15.6. The Morgan fingerprint density at radius 3 is 2.92 bits per heavy atom. The molecule has 0 radical (unpaired) electrons. The van der Waals surface area contributed by atoms with Gasteiger partial charge in [-0.25, -0.2) is 4.98 Å². The monoisotopic (exact) mass is 348 g/mol. The number of carbonyl (C=O) groups is 1. The fraction of sp³-hybridized carbons (Fsp3) is 0.381. The third kappa shape index (κ3) is 2.98. The molecule has 0 unspecified atom stereocenters. The van der Waals surface area contributed by atoms with Crippen molar-refractivity contribution in [3.63, 3.8) is 0 Å². The summed E-state index contributed by atoms with van der Waals surface area (Å²) >= 11 is 0. The van der Waals surface area contributed by atoms with E-state index in [1.807, 2.05) is 26.1 Å². The van der Waals surface area contributed by atoms with E-state index in [-0.39, 0.29) is 5.91 Å². The molecule has 3 aromatic rings. The van der Waals surface area contributed by atoms with Crippen molar-refractivity contribution >= 4 is 16.8 Å². The molecule has 0 bridgehead atoms. The number of hydrogen-bond acceptors (Lipinski definition) is 3. The molecule has 1 aromatic carbocycles. The van der Waals surface area contributed by atoms with Gasteiger partial charge in [0.1, 0.15) is 5.82 Å². The standard InChI is InChI=1S/C21H24N4O/c1-14-10-17-15(2)7-8-22-20(17)18(11-14)21(26)24(3)12-16-13-25-9-5-4-6-19(25)23-16/h7-8,10-11,13H,4-6,9,12H2,1-3H3. The Balaban J connectivity index is 1.64. The molecule has 0 atom stereocenters. The molecule has 0 spiro atoms. The van der Waals surface area contributed by atoms with E-state index in [9.17, 15) is 4.79 Å². The lowest BCUT2D eigenvalue weighted by molar-refractivity contribution is 0.0785. The highest BCUT2D eigenvalue weighted by molar-refractivity contribution is 6.06. The molecule has 1 aliphatic rings. The number of fused-ring (bicyclic) bond motifs is 2. The molecular formula is C21H24N4O. The lowest BCUT2D eigenvalue weighted by Gasteiger charge is -2.17. The minimum atomic E-state index is -0.0113. The molecule has 0 saturated carbocycles. The van der Waals surface area contributed by atoms with E-state index in [4.69, 9.17) is 4.98 Å². The summed E-state index contributed by atoms with van der Waals surface area (Å²) in [4.78, 5) is 24.1. The number of amides is 1. The molecular weight excluding hydrogens is 324 g/mol.